The Morgan fingerprint density at radius 3 is 2.44 bits per heavy atom. The summed E-state index contributed by atoms with van der Waals surface area (Å²) in [5.74, 6) is -1.79. The second kappa shape index (κ2) is 15.1. The van der Waals surface area contributed by atoms with Gasteiger partial charge in [-0.05, 0) is 46.0 Å². The largest absolute Gasteiger partial charge is 0.394 e. The molecular weight excluding hydrogens is 500 g/mol. The van der Waals surface area contributed by atoms with Crippen LogP contribution in [0.3, 0.4) is 0 Å². The van der Waals surface area contributed by atoms with E-state index >= 15 is 0 Å². The van der Waals surface area contributed by atoms with Crippen molar-refractivity contribution in [2.75, 3.05) is 20.8 Å². The molecule has 0 fully saturated rings. The zero-order valence-corrected chi connectivity index (χ0v) is 24.1. The Bertz CT molecular complexity index is 1070. The van der Waals surface area contributed by atoms with Crippen molar-refractivity contribution in [1.29, 1.82) is 0 Å². The summed E-state index contributed by atoms with van der Waals surface area (Å²) in [6, 6.07) is -0.460. The molecule has 216 valence electrons. The average molecular weight is 545 g/mol. The molecule has 1 aliphatic carbocycles. The topological polar surface area (TPSA) is 134 Å². The molecule has 1 aliphatic heterocycles. The van der Waals surface area contributed by atoms with Crippen LogP contribution in [0.25, 0.3) is 0 Å². The van der Waals surface area contributed by atoms with Gasteiger partial charge in [0.25, 0.3) is 5.91 Å². The van der Waals surface area contributed by atoms with Crippen LogP contribution in [0.1, 0.15) is 53.9 Å². The predicted molar refractivity (Wildman–Crippen MR) is 149 cm³/mol. The van der Waals surface area contributed by atoms with Gasteiger partial charge in [0.1, 0.15) is 0 Å². The molecule has 0 unspecified atom stereocenters. The van der Waals surface area contributed by atoms with Crippen LogP contribution in [0.2, 0.25) is 0 Å². The number of hydrogen-bond donors (Lipinski definition) is 4. The highest BCUT2D eigenvalue weighted by molar-refractivity contribution is 6.23. The number of ether oxygens (including phenoxy) is 2. The van der Waals surface area contributed by atoms with Gasteiger partial charge >= 0.3 is 0 Å². The van der Waals surface area contributed by atoms with E-state index in [0.29, 0.717) is 18.4 Å². The van der Waals surface area contributed by atoms with Crippen molar-refractivity contribution in [3.8, 4) is 0 Å². The number of hydrogen-bond acceptors (Lipinski definition) is 8. The number of fused-ring (bicyclic) bond motifs is 2. The molecule has 6 atom stereocenters. The normalized spacial score (nSPS) is 32.4. The van der Waals surface area contributed by atoms with Crippen molar-refractivity contribution in [2.24, 2.45) is 11.8 Å². The second-order valence-electron chi connectivity index (χ2n) is 10.7. The fraction of sp³-hybridized carbons (Fsp3) is 0.567. The van der Waals surface area contributed by atoms with Crippen LogP contribution < -0.4 is 10.6 Å². The average Bonchev–Trinajstić information content (AvgIpc) is 2.89. The van der Waals surface area contributed by atoms with Crippen LogP contribution in [0.5, 0.6) is 0 Å². The van der Waals surface area contributed by atoms with Crippen molar-refractivity contribution in [2.45, 2.75) is 78.2 Å². The predicted octanol–water partition coefficient (Wildman–Crippen LogP) is 2.66. The summed E-state index contributed by atoms with van der Waals surface area (Å²) in [7, 11) is 3.15. The SMILES string of the molecule is CO[C@@H]1/C=C/C=C(\C)C(=O)NC2=CC(=O)C(N[C@@H](C)CO)=C(C[C@@H](C)C[C@H](OC)[C@H](O)[C@@H](C)/C=C(/C)C1)C2=O. The van der Waals surface area contributed by atoms with Crippen LogP contribution >= 0.6 is 0 Å². The summed E-state index contributed by atoms with van der Waals surface area (Å²) in [5.41, 5.74) is 1.63. The van der Waals surface area contributed by atoms with Gasteiger partial charge < -0.3 is 30.3 Å². The highest BCUT2D eigenvalue weighted by Gasteiger charge is 2.33. The van der Waals surface area contributed by atoms with Gasteiger partial charge in [0.15, 0.2) is 0 Å². The van der Waals surface area contributed by atoms with Crippen LogP contribution in [0, 0.1) is 11.8 Å². The number of Topliss-reactive ketones (excluding diaryl/α,β-unsaturated/α-hetero) is 1. The molecule has 0 aromatic rings. The van der Waals surface area contributed by atoms with Gasteiger partial charge in [-0.1, -0.05) is 43.7 Å². The first-order valence-corrected chi connectivity index (χ1v) is 13.4. The van der Waals surface area contributed by atoms with E-state index in [0.717, 1.165) is 11.6 Å². The van der Waals surface area contributed by atoms with Gasteiger partial charge in [-0.3, -0.25) is 14.4 Å². The van der Waals surface area contributed by atoms with Crippen LogP contribution in [-0.2, 0) is 23.9 Å². The van der Waals surface area contributed by atoms with Crippen molar-refractivity contribution in [3.05, 3.63) is 58.5 Å². The van der Waals surface area contributed by atoms with Crippen LogP contribution in [0.4, 0.5) is 0 Å². The van der Waals surface area contributed by atoms with Crippen molar-refractivity contribution in [3.63, 3.8) is 0 Å². The highest BCUT2D eigenvalue weighted by atomic mass is 16.5. The highest BCUT2D eigenvalue weighted by Crippen LogP contribution is 2.28. The van der Waals surface area contributed by atoms with Gasteiger partial charge in [0.05, 0.1) is 36.3 Å². The molecule has 1 amide bonds. The standard InChI is InChI=1S/C30H44N2O7/c1-17-11-20(4)28(35)26(39-7)14-18(2)13-23-27(31-21(5)16-33)25(34)15-24(29(23)36)32-30(37)19(3)9-8-10-22(12-17)38-6/h8-11,15,18,20-22,26,28,31,33,35H,12-14,16H2,1-7H3,(H,32,37)/b10-8+,17-11-,19-9+/t18-,20+,21+,22-,26+,28-/m1/s1. The molecule has 0 spiro atoms. The maximum absolute atomic E-state index is 13.5. The Labute approximate surface area is 231 Å². The van der Waals surface area contributed by atoms with E-state index in [1.807, 2.05) is 32.9 Å². The Kier molecular flexibility index (Phi) is 12.5. The van der Waals surface area contributed by atoms with E-state index in [4.69, 9.17) is 9.47 Å². The fourth-order valence-corrected chi connectivity index (χ4v) is 4.76. The van der Waals surface area contributed by atoms with Crippen molar-refractivity contribution < 1.29 is 34.1 Å². The van der Waals surface area contributed by atoms with Gasteiger partial charge in [0.2, 0.25) is 11.6 Å². The number of amides is 1. The summed E-state index contributed by atoms with van der Waals surface area (Å²) < 4.78 is 11.2. The Hall–Kier alpha value is -2.85. The molecule has 0 saturated heterocycles. The zero-order valence-electron chi connectivity index (χ0n) is 24.1. The Morgan fingerprint density at radius 2 is 1.82 bits per heavy atom. The lowest BCUT2D eigenvalue weighted by molar-refractivity contribution is -0.120. The number of nitrogens with one attached hydrogen (secondary N) is 2. The molecule has 2 rings (SSSR count). The first kappa shape index (κ1) is 32.4. The van der Waals surface area contributed by atoms with E-state index in [2.05, 4.69) is 10.6 Å². The van der Waals surface area contributed by atoms with Gasteiger partial charge in [0, 0.05) is 43.4 Å². The molecule has 39 heavy (non-hydrogen) atoms. The molecular formula is C30H44N2O7. The number of aliphatic hydroxyl groups is 2. The molecule has 9 nitrogen and oxygen atoms in total. The number of rotatable bonds is 5. The molecule has 0 saturated carbocycles. The van der Waals surface area contributed by atoms with Crippen molar-refractivity contribution >= 4 is 17.5 Å². The number of carbonyl (C=O) groups is 3. The smallest absolute Gasteiger partial charge is 0.251 e. The maximum atomic E-state index is 13.5. The minimum atomic E-state index is -0.795. The minimum absolute atomic E-state index is 0.101. The second-order valence-corrected chi connectivity index (χ2v) is 10.7. The lowest BCUT2D eigenvalue weighted by atomic mass is 9.85. The number of allylic oxidation sites excluding steroid dienone is 4. The lowest BCUT2D eigenvalue weighted by Gasteiger charge is -2.29. The first-order chi connectivity index (χ1) is 18.4. The van der Waals surface area contributed by atoms with Gasteiger partial charge in [-0.2, -0.15) is 0 Å². The molecule has 9 heteroatoms. The van der Waals surface area contributed by atoms with Crippen LogP contribution in [0.15, 0.2) is 58.5 Å². The summed E-state index contributed by atoms with van der Waals surface area (Å²) in [6.07, 6.45) is 8.00. The lowest BCUT2D eigenvalue weighted by Crippen LogP contribution is -2.39. The molecule has 1 heterocycles. The van der Waals surface area contributed by atoms with E-state index in [1.54, 1.807) is 40.2 Å². The minimum Gasteiger partial charge on any atom is -0.394 e. The molecule has 0 radical (unpaired) electrons. The maximum Gasteiger partial charge on any atom is 0.251 e. The summed E-state index contributed by atoms with van der Waals surface area (Å²) in [5, 5.41) is 26.2. The molecule has 0 aromatic carbocycles. The summed E-state index contributed by atoms with van der Waals surface area (Å²) in [4.78, 5) is 39.5. The fourth-order valence-electron chi connectivity index (χ4n) is 4.76. The first-order valence-electron chi connectivity index (χ1n) is 13.4. The van der Waals surface area contributed by atoms with E-state index in [-0.39, 0.29) is 47.9 Å². The number of carbonyl (C=O) groups excluding carboxylic acids is 3. The number of methoxy groups -OCH3 is 2. The summed E-state index contributed by atoms with van der Waals surface area (Å²) in [6.45, 7) is 8.91. The van der Waals surface area contributed by atoms with E-state index < -0.39 is 35.7 Å². The van der Waals surface area contributed by atoms with E-state index in [9.17, 15) is 24.6 Å². The van der Waals surface area contributed by atoms with Crippen LogP contribution in [-0.4, -0.2) is 72.9 Å². The number of ketones is 2. The molecule has 4 N–H and O–H groups in total. The quantitative estimate of drug-likeness (QED) is 0.307. The third kappa shape index (κ3) is 9.10. The Balaban J connectivity index is 2.54. The van der Waals surface area contributed by atoms with Gasteiger partial charge in [-0.15, -0.1) is 0 Å². The third-order valence-corrected chi connectivity index (χ3v) is 7.07. The molecule has 2 aliphatic rings. The Morgan fingerprint density at radius 1 is 1.13 bits per heavy atom. The van der Waals surface area contributed by atoms with Crippen molar-refractivity contribution in [1.82, 2.24) is 10.6 Å². The summed E-state index contributed by atoms with van der Waals surface area (Å²) >= 11 is 0. The monoisotopic (exact) mass is 544 g/mol. The molecule has 2 bridgehead atoms. The third-order valence-electron chi connectivity index (χ3n) is 7.07. The van der Waals surface area contributed by atoms with Gasteiger partial charge in [-0.25, -0.2) is 0 Å². The zero-order chi connectivity index (χ0) is 29.3. The molecule has 0 aromatic heterocycles. The number of aliphatic hydroxyl groups excluding tert-OH is 2. The van der Waals surface area contributed by atoms with E-state index in [1.165, 1.54) is 0 Å².